The lowest BCUT2D eigenvalue weighted by atomic mass is 9.88. The van der Waals surface area contributed by atoms with Crippen molar-refractivity contribution in [2.24, 2.45) is 4.99 Å². The van der Waals surface area contributed by atoms with Crippen LogP contribution in [0.2, 0.25) is 5.02 Å². The number of hydrogen-bond donors (Lipinski definition) is 0. The highest BCUT2D eigenvalue weighted by Gasteiger charge is 2.30. The molecule has 2 aromatic rings. The molecule has 1 heterocycles. The van der Waals surface area contributed by atoms with Crippen LogP contribution in [0.15, 0.2) is 53.8 Å². The Labute approximate surface area is 160 Å². The van der Waals surface area contributed by atoms with Gasteiger partial charge in [0, 0.05) is 24.2 Å². The number of carbonyl (C=O) groups is 1. The fraction of sp³-hybridized carbons (Fsp3) is 0.350. The van der Waals surface area contributed by atoms with Gasteiger partial charge in [-0.3, -0.25) is 4.79 Å². The molecule has 1 atom stereocenters. The van der Waals surface area contributed by atoms with E-state index >= 15 is 0 Å². The van der Waals surface area contributed by atoms with Crippen molar-refractivity contribution in [3.05, 3.63) is 64.9 Å². The first-order valence-corrected chi connectivity index (χ1v) is 9.05. The van der Waals surface area contributed by atoms with Gasteiger partial charge in [-0.25, -0.2) is 0 Å². The molecule has 0 fully saturated rings. The van der Waals surface area contributed by atoms with Crippen molar-refractivity contribution < 1.29 is 9.36 Å². The van der Waals surface area contributed by atoms with E-state index < -0.39 is 6.04 Å². The third kappa shape index (κ3) is 4.65. The summed E-state index contributed by atoms with van der Waals surface area (Å²) in [5, 5.41) is 0.782. The fourth-order valence-electron chi connectivity index (χ4n) is 2.54. The number of halogens is 1. The number of aromatic nitrogens is 1. The van der Waals surface area contributed by atoms with Gasteiger partial charge in [0.05, 0.1) is 5.02 Å². The first-order valence-electron chi connectivity index (χ1n) is 8.27. The van der Waals surface area contributed by atoms with Crippen LogP contribution in [-0.4, -0.2) is 17.4 Å². The highest BCUT2D eigenvalue weighted by Crippen LogP contribution is 2.22. The van der Waals surface area contributed by atoms with Crippen LogP contribution in [0.5, 0.6) is 0 Å². The molecule has 0 saturated heterocycles. The zero-order valence-corrected chi connectivity index (χ0v) is 16.6. The second-order valence-electron chi connectivity index (χ2n) is 6.84. The maximum Gasteiger partial charge on any atom is 0.237 e. The lowest BCUT2D eigenvalue weighted by Gasteiger charge is -2.21. The monoisotopic (exact) mass is 374 g/mol. The van der Waals surface area contributed by atoms with Crippen molar-refractivity contribution >= 4 is 35.1 Å². The van der Waals surface area contributed by atoms with Crippen LogP contribution in [0.1, 0.15) is 49.7 Å². The summed E-state index contributed by atoms with van der Waals surface area (Å²) in [6, 6.07) is 10.4. The van der Waals surface area contributed by atoms with Crippen LogP contribution >= 0.6 is 11.6 Å². The predicted octanol–water partition coefficient (Wildman–Crippen LogP) is 4.31. The van der Waals surface area contributed by atoms with E-state index in [1.807, 2.05) is 36.0 Å². The predicted molar refractivity (Wildman–Crippen MR) is 105 cm³/mol. The van der Waals surface area contributed by atoms with E-state index in [4.69, 9.17) is 24.2 Å². The summed E-state index contributed by atoms with van der Waals surface area (Å²) in [4.78, 5) is 17.4. The number of pyridine rings is 1. The maximum absolute atomic E-state index is 13.1. The summed E-state index contributed by atoms with van der Waals surface area (Å²) in [5.74, 6) is -0.152. The van der Waals surface area contributed by atoms with Crippen LogP contribution in [0.25, 0.3) is 0 Å². The summed E-state index contributed by atoms with van der Waals surface area (Å²) >= 11 is 11.6. The highest BCUT2D eigenvalue weighted by molar-refractivity contribution is 7.77. The Hall–Kier alpha value is -1.78. The van der Waals surface area contributed by atoms with Gasteiger partial charge < -0.3 is 17.6 Å². The van der Waals surface area contributed by atoms with E-state index in [-0.39, 0.29) is 11.2 Å². The van der Waals surface area contributed by atoms with Crippen molar-refractivity contribution in [3.8, 4) is 0 Å². The molecule has 1 aromatic carbocycles. The molecule has 0 spiro atoms. The molecule has 0 aliphatic heterocycles. The number of ketones is 1. The number of Topliss-reactive ketones (excluding diaryl/α,β-unsaturated/α-hetero) is 1. The van der Waals surface area contributed by atoms with Gasteiger partial charge in [0.15, 0.2) is 12.4 Å². The summed E-state index contributed by atoms with van der Waals surface area (Å²) in [6.45, 7) is 8.88. The lowest BCUT2D eigenvalue weighted by molar-refractivity contribution is -0.692. The van der Waals surface area contributed by atoms with Gasteiger partial charge in [0.1, 0.15) is 0 Å². The SMILES string of the molecule is CCN=C([S-])C(C(=O)c1ccccc1Cl)[n+]1ccc(C(C)(C)C)cc1. The van der Waals surface area contributed by atoms with Gasteiger partial charge in [0.25, 0.3) is 0 Å². The van der Waals surface area contributed by atoms with Crippen LogP contribution in [-0.2, 0) is 18.0 Å². The number of rotatable bonds is 5. The number of hydrogen-bond acceptors (Lipinski definition) is 3. The van der Waals surface area contributed by atoms with Gasteiger partial charge in [-0.15, -0.1) is 0 Å². The van der Waals surface area contributed by atoms with Crippen molar-refractivity contribution in [2.45, 2.75) is 39.2 Å². The van der Waals surface area contributed by atoms with E-state index in [2.05, 4.69) is 25.8 Å². The molecule has 3 nitrogen and oxygen atoms in total. The molecule has 2 rings (SSSR count). The second kappa shape index (κ2) is 8.07. The van der Waals surface area contributed by atoms with E-state index in [1.54, 1.807) is 24.3 Å². The third-order valence-corrected chi connectivity index (χ3v) is 4.63. The molecule has 0 radical (unpaired) electrons. The zero-order chi connectivity index (χ0) is 18.6. The Morgan fingerprint density at radius 3 is 2.32 bits per heavy atom. The summed E-state index contributed by atoms with van der Waals surface area (Å²) in [7, 11) is 0. The van der Waals surface area contributed by atoms with E-state index in [1.165, 1.54) is 5.56 Å². The molecule has 0 amide bonds. The van der Waals surface area contributed by atoms with Crippen LogP contribution in [0.4, 0.5) is 0 Å². The largest absolute Gasteiger partial charge is 0.758 e. The molecular formula is C20H23ClN2OS. The van der Waals surface area contributed by atoms with Gasteiger partial charge in [-0.2, -0.15) is 4.57 Å². The van der Waals surface area contributed by atoms with Crippen molar-refractivity contribution in [3.63, 3.8) is 0 Å². The van der Waals surface area contributed by atoms with Crippen molar-refractivity contribution in [2.75, 3.05) is 6.54 Å². The molecule has 0 bridgehead atoms. The maximum atomic E-state index is 13.1. The standard InChI is InChI=1S/C20H23ClN2OS/c1-5-22-19(25)17(18(24)15-8-6-7-9-16(15)21)23-12-10-14(11-13-23)20(2,3)4/h6-13,17H,5H2,1-4H3. The fourth-order valence-corrected chi connectivity index (χ4v) is 3.12. The average Bonchev–Trinajstić information content (AvgIpc) is 2.55. The van der Waals surface area contributed by atoms with Gasteiger partial charge in [0.2, 0.25) is 11.8 Å². The minimum atomic E-state index is -0.677. The van der Waals surface area contributed by atoms with E-state index in [9.17, 15) is 4.79 Å². The van der Waals surface area contributed by atoms with Crippen molar-refractivity contribution in [1.29, 1.82) is 0 Å². The molecule has 5 heteroatoms. The van der Waals surface area contributed by atoms with E-state index in [0.717, 1.165) is 0 Å². The summed E-state index contributed by atoms with van der Waals surface area (Å²) in [5.41, 5.74) is 1.68. The molecule has 1 unspecified atom stereocenters. The molecule has 25 heavy (non-hydrogen) atoms. The van der Waals surface area contributed by atoms with E-state index in [0.29, 0.717) is 22.2 Å². The molecule has 0 saturated carbocycles. The molecule has 1 aromatic heterocycles. The smallest absolute Gasteiger partial charge is 0.237 e. The summed E-state index contributed by atoms with van der Waals surface area (Å²) in [6.07, 6.45) is 3.77. The Balaban J connectivity index is 2.49. The minimum absolute atomic E-state index is 0.0373. The highest BCUT2D eigenvalue weighted by atomic mass is 35.5. The van der Waals surface area contributed by atoms with Gasteiger partial charge >= 0.3 is 0 Å². The van der Waals surface area contributed by atoms with Gasteiger partial charge in [-0.05, 0) is 35.1 Å². The molecule has 0 aliphatic rings. The van der Waals surface area contributed by atoms with Crippen LogP contribution in [0, 0.1) is 0 Å². The lowest BCUT2D eigenvalue weighted by Crippen LogP contribution is -2.48. The average molecular weight is 375 g/mol. The molecule has 132 valence electrons. The quantitative estimate of drug-likeness (QED) is 0.257. The number of nitrogens with zero attached hydrogens (tertiary/aromatic N) is 2. The zero-order valence-electron chi connectivity index (χ0n) is 15.0. The molecule has 0 aliphatic carbocycles. The number of aliphatic imine (C=N–C) groups is 1. The molecule has 0 N–H and O–H groups in total. The Morgan fingerprint density at radius 2 is 1.80 bits per heavy atom. The molecular weight excluding hydrogens is 352 g/mol. The Morgan fingerprint density at radius 1 is 1.20 bits per heavy atom. The topological polar surface area (TPSA) is 33.3 Å². The Kier molecular flexibility index (Phi) is 6.31. The first kappa shape index (κ1) is 19.5. The normalized spacial score (nSPS) is 13.6. The van der Waals surface area contributed by atoms with Gasteiger partial charge in [-0.1, -0.05) is 44.5 Å². The Bertz CT molecular complexity index is 779. The third-order valence-electron chi connectivity index (χ3n) is 3.95. The number of carbonyl (C=O) groups excluding carboxylic acids is 1. The first-order chi connectivity index (χ1) is 11.8. The van der Waals surface area contributed by atoms with Crippen LogP contribution in [0.3, 0.4) is 0 Å². The number of benzene rings is 1. The van der Waals surface area contributed by atoms with Crippen LogP contribution < -0.4 is 4.57 Å². The second-order valence-corrected chi connectivity index (χ2v) is 7.67. The summed E-state index contributed by atoms with van der Waals surface area (Å²) < 4.78 is 1.81. The van der Waals surface area contributed by atoms with Crippen molar-refractivity contribution in [1.82, 2.24) is 0 Å². The minimum Gasteiger partial charge on any atom is -0.758 e.